The number of hydrogen-bond donors (Lipinski definition) is 9. The summed E-state index contributed by atoms with van der Waals surface area (Å²) in [5.41, 5.74) is 20.9. The van der Waals surface area contributed by atoms with Crippen LogP contribution >= 0.6 is 0 Å². The lowest BCUT2D eigenvalue weighted by Crippen LogP contribution is -2.57. The number of aliphatic imine (C=N–C) groups is 1. The van der Waals surface area contributed by atoms with Crippen LogP contribution in [0, 0.1) is 0 Å². The zero-order valence-corrected chi connectivity index (χ0v) is 17.9. The van der Waals surface area contributed by atoms with Gasteiger partial charge in [0.05, 0.1) is 18.9 Å². The molecule has 0 aromatic carbocycles. The van der Waals surface area contributed by atoms with E-state index >= 15 is 0 Å². The molecule has 186 valence electrons. The van der Waals surface area contributed by atoms with Crippen molar-refractivity contribution in [2.75, 3.05) is 6.54 Å². The Kier molecular flexibility index (Phi) is 12.5. The Balaban J connectivity index is 5.12. The molecule has 0 rings (SSSR count). The van der Waals surface area contributed by atoms with Crippen molar-refractivity contribution in [3.63, 3.8) is 0 Å². The molecule has 0 spiro atoms. The molecule has 0 aromatic heterocycles. The summed E-state index contributed by atoms with van der Waals surface area (Å²) < 4.78 is 0. The molecule has 0 saturated heterocycles. The first kappa shape index (κ1) is 29.1. The predicted octanol–water partition coefficient (Wildman–Crippen LogP) is -4.72. The van der Waals surface area contributed by atoms with Crippen LogP contribution in [-0.4, -0.2) is 82.5 Å². The van der Waals surface area contributed by atoms with E-state index in [-0.39, 0.29) is 25.3 Å². The van der Waals surface area contributed by atoms with Gasteiger partial charge in [0.25, 0.3) is 0 Å². The van der Waals surface area contributed by atoms with Gasteiger partial charge in [-0.25, -0.2) is 4.79 Å². The average Bonchev–Trinajstić information content (AvgIpc) is 2.67. The highest BCUT2D eigenvalue weighted by Crippen LogP contribution is 2.02. The van der Waals surface area contributed by atoms with Gasteiger partial charge >= 0.3 is 11.9 Å². The van der Waals surface area contributed by atoms with E-state index in [9.17, 15) is 33.9 Å². The molecule has 0 fully saturated rings. The summed E-state index contributed by atoms with van der Waals surface area (Å²) in [4.78, 5) is 73.8. The van der Waals surface area contributed by atoms with Crippen LogP contribution in [0.4, 0.5) is 0 Å². The molecule has 0 bridgehead atoms. The molecule has 16 heteroatoms. The lowest BCUT2D eigenvalue weighted by atomic mass is 10.1. The average molecular weight is 474 g/mol. The molecule has 16 nitrogen and oxygen atoms in total. The van der Waals surface area contributed by atoms with E-state index < -0.39 is 72.6 Å². The standard InChI is InChI=1S/C17H30N8O8/c1-7(23-14(30)8(18)5-12(27)28)13(29)25-10(6-11(19)26)15(31)24-9(16(32)33)3-2-4-22-17(20)21/h7-10H,2-6,18H2,1H3,(H2,19,26)(H,23,30)(H,24,31)(H,25,29)(H,27,28)(H,32,33)(H4,20,21,22). The zero-order chi connectivity index (χ0) is 25.7. The van der Waals surface area contributed by atoms with Crippen molar-refractivity contribution in [1.29, 1.82) is 0 Å². The third-order valence-electron chi connectivity index (χ3n) is 4.08. The molecule has 33 heavy (non-hydrogen) atoms. The molecule has 0 aliphatic heterocycles. The minimum atomic E-state index is -1.54. The first-order valence-electron chi connectivity index (χ1n) is 9.69. The van der Waals surface area contributed by atoms with E-state index in [2.05, 4.69) is 20.9 Å². The second-order valence-corrected chi connectivity index (χ2v) is 7.01. The van der Waals surface area contributed by atoms with Crippen LogP contribution in [0.15, 0.2) is 4.99 Å². The molecule has 0 radical (unpaired) electrons. The topological polar surface area (TPSA) is 295 Å². The van der Waals surface area contributed by atoms with Crippen molar-refractivity contribution < 1.29 is 39.0 Å². The molecule has 0 aliphatic rings. The largest absolute Gasteiger partial charge is 0.481 e. The second kappa shape index (κ2) is 14.2. The van der Waals surface area contributed by atoms with Crippen molar-refractivity contribution in [2.45, 2.75) is 56.8 Å². The Labute approximate surface area is 188 Å². The van der Waals surface area contributed by atoms with Crippen LogP contribution in [0.2, 0.25) is 0 Å². The number of carboxylic acids is 2. The fourth-order valence-electron chi connectivity index (χ4n) is 2.41. The predicted molar refractivity (Wildman–Crippen MR) is 113 cm³/mol. The summed E-state index contributed by atoms with van der Waals surface area (Å²) in [6.07, 6.45) is -1.17. The Morgan fingerprint density at radius 3 is 1.91 bits per heavy atom. The molecule has 0 saturated carbocycles. The number of carbonyl (C=O) groups is 6. The molecule has 4 unspecified atom stereocenters. The third-order valence-corrected chi connectivity index (χ3v) is 4.08. The number of hydrogen-bond acceptors (Lipinski definition) is 8. The maximum Gasteiger partial charge on any atom is 0.326 e. The molecule has 0 heterocycles. The van der Waals surface area contributed by atoms with Gasteiger partial charge in [0, 0.05) is 6.54 Å². The van der Waals surface area contributed by atoms with Crippen molar-refractivity contribution in [3.05, 3.63) is 0 Å². The van der Waals surface area contributed by atoms with Crippen LogP contribution in [0.3, 0.4) is 0 Å². The normalized spacial score (nSPS) is 14.0. The number of primary amides is 1. The zero-order valence-electron chi connectivity index (χ0n) is 17.9. The van der Waals surface area contributed by atoms with Gasteiger partial charge in [-0.2, -0.15) is 0 Å². The van der Waals surface area contributed by atoms with Gasteiger partial charge < -0.3 is 49.1 Å². The van der Waals surface area contributed by atoms with Crippen LogP contribution in [0.1, 0.15) is 32.6 Å². The van der Waals surface area contributed by atoms with E-state index in [0.29, 0.717) is 0 Å². The molecule has 0 aliphatic carbocycles. The number of amides is 4. The third kappa shape index (κ3) is 12.5. The quantitative estimate of drug-likeness (QED) is 0.0616. The first-order valence-corrected chi connectivity index (χ1v) is 9.69. The summed E-state index contributed by atoms with van der Waals surface area (Å²) in [5.74, 6) is -6.69. The molecule has 4 atom stereocenters. The van der Waals surface area contributed by atoms with Gasteiger partial charge in [0.2, 0.25) is 23.6 Å². The minimum Gasteiger partial charge on any atom is -0.481 e. The van der Waals surface area contributed by atoms with E-state index in [0.717, 1.165) is 0 Å². The van der Waals surface area contributed by atoms with E-state index in [4.69, 9.17) is 28.0 Å². The van der Waals surface area contributed by atoms with Gasteiger partial charge in [-0.1, -0.05) is 0 Å². The maximum atomic E-state index is 12.5. The van der Waals surface area contributed by atoms with Crippen LogP contribution in [0.25, 0.3) is 0 Å². The van der Waals surface area contributed by atoms with Gasteiger partial charge in [-0.15, -0.1) is 0 Å². The molecular weight excluding hydrogens is 444 g/mol. The van der Waals surface area contributed by atoms with Crippen molar-refractivity contribution in [1.82, 2.24) is 16.0 Å². The summed E-state index contributed by atoms with van der Waals surface area (Å²) in [6, 6.07) is -5.60. The van der Waals surface area contributed by atoms with Gasteiger partial charge in [-0.3, -0.25) is 29.0 Å². The number of nitrogens with zero attached hydrogens (tertiary/aromatic N) is 1. The number of carbonyl (C=O) groups excluding carboxylic acids is 4. The highest BCUT2D eigenvalue weighted by Gasteiger charge is 2.30. The minimum absolute atomic E-state index is 0.0526. The number of rotatable bonds is 15. The van der Waals surface area contributed by atoms with E-state index in [1.807, 2.05) is 0 Å². The molecule has 0 aromatic rings. The summed E-state index contributed by atoms with van der Waals surface area (Å²) >= 11 is 0. The molecule has 13 N–H and O–H groups in total. The van der Waals surface area contributed by atoms with Crippen molar-refractivity contribution in [3.8, 4) is 0 Å². The Bertz CT molecular complexity index is 783. The highest BCUT2D eigenvalue weighted by molar-refractivity contribution is 5.96. The number of guanidine groups is 1. The van der Waals surface area contributed by atoms with Gasteiger partial charge in [-0.05, 0) is 19.8 Å². The SMILES string of the molecule is CC(NC(=O)C(N)CC(=O)O)C(=O)NC(CC(N)=O)C(=O)NC(CCCN=C(N)N)C(=O)O. The van der Waals surface area contributed by atoms with Crippen LogP contribution in [0.5, 0.6) is 0 Å². The number of aliphatic carboxylic acids is 2. The van der Waals surface area contributed by atoms with Crippen LogP contribution in [-0.2, 0) is 28.8 Å². The Morgan fingerprint density at radius 1 is 0.848 bits per heavy atom. The summed E-state index contributed by atoms with van der Waals surface area (Å²) in [6.45, 7) is 1.34. The monoisotopic (exact) mass is 474 g/mol. The fraction of sp³-hybridized carbons (Fsp3) is 0.588. The molecule has 4 amide bonds. The van der Waals surface area contributed by atoms with E-state index in [1.54, 1.807) is 0 Å². The van der Waals surface area contributed by atoms with Crippen LogP contribution < -0.4 is 38.9 Å². The smallest absolute Gasteiger partial charge is 0.326 e. The Hall–Kier alpha value is -3.95. The van der Waals surface area contributed by atoms with E-state index in [1.165, 1.54) is 6.92 Å². The van der Waals surface area contributed by atoms with Gasteiger partial charge in [0.1, 0.15) is 18.1 Å². The van der Waals surface area contributed by atoms with Crippen molar-refractivity contribution >= 4 is 41.5 Å². The lowest BCUT2D eigenvalue weighted by Gasteiger charge is -2.23. The number of nitrogens with two attached hydrogens (primary N) is 4. The fourth-order valence-corrected chi connectivity index (χ4v) is 2.41. The molecular formula is C17H30N8O8. The number of nitrogens with one attached hydrogen (secondary N) is 3. The van der Waals surface area contributed by atoms with Gasteiger partial charge in [0.15, 0.2) is 5.96 Å². The lowest BCUT2D eigenvalue weighted by molar-refractivity contribution is -0.142. The number of carboxylic acid groups (broad SMARTS) is 2. The Morgan fingerprint density at radius 2 is 1.42 bits per heavy atom. The second-order valence-electron chi connectivity index (χ2n) is 7.01. The van der Waals surface area contributed by atoms with Crippen molar-refractivity contribution in [2.24, 2.45) is 27.9 Å². The summed E-state index contributed by atoms with van der Waals surface area (Å²) in [7, 11) is 0. The maximum absolute atomic E-state index is 12.5. The summed E-state index contributed by atoms with van der Waals surface area (Å²) in [5, 5.41) is 24.5. The first-order chi connectivity index (χ1) is 15.2. The highest BCUT2D eigenvalue weighted by atomic mass is 16.4.